The average Bonchev–Trinajstić information content (AvgIpc) is 3.69. The quantitative estimate of drug-likeness (QED) is 0.235. The minimum Gasteiger partial charge on any atom is -0.477 e. The van der Waals surface area contributed by atoms with Crippen LogP contribution in [-0.4, -0.2) is 86.5 Å². The molecule has 4 aromatic heterocycles. The fraction of sp³-hybridized carbons (Fsp3) is 0.333. The van der Waals surface area contributed by atoms with Gasteiger partial charge in [-0.3, -0.25) is 9.69 Å². The highest BCUT2D eigenvalue weighted by atomic mass is 19.2. The van der Waals surface area contributed by atoms with Gasteiger partial charge in [-0.1, -0.05) is 0 Å². The van der Waals surface area contributed by atoms with E-state index in [0.29, 0.717) is 70.3 Å². The van der Waals surface area contributed by atoms with Crippen LogP contribution in [0.1, 0.15) is 16.8 Å². The standard InChI is InChI=1S/C30H29F2N7O4/c1-33-20-8-19(31)24(32)22-23-26(39-4-3-14-11-38(5-6-40)13-21(14)39)17(10-34-28(23)36-25(20)22)15-7-16-27(41)18(30(42)43)12-37(2)29(16)35-9-15/h7-10,12,14,21,33,40H,3-6,11,13H2,1-2H3,(H,34,36)(H,42,43)/t14-,21+/m0/s1. The van der Waals surface area contributed by atoms with E-state index in [1.54, 1.807) is 32.6 Å². The topological polar surface area (TPSA) is 140 Å². The molecule has 7 rings (SSSR count). The number of hydrogen-bond donors (Lipinski definition) is 4. The molecule has 6 heterocycles. The molecule has 11 nitrogen and oxygen atoms in total. The summed E-state index contributed by atoms with van der Waals surface area (Å²) in [5.41, 5.74) is 2.08. The van der Waals surface area contributed by atoms with Crippen LogP contribution in [0.5, 0.6) is 0 Å². The maximum atomic E-state index is 15.7. The van der Waals surface area contributed by atoms with Crippen molar-refractivity contribution < 1.29 is 23.8 Å². The number of fused-ring (bicyclic) bond motifs is 5. The van der Waals surface area contributed by atoms with Crippen molar-refractivity contribution in [3.05, 3.63) is 58.1 Å². The largest absolute Gasteiger partial charge is 0.477 e. The molecule has 43 heavy (non-hydrogen) atoms. The lowest BCUT2D eigenvalue weighted by atomic mass is 9.99. The van der Waals surface area contributed by atoms with Crippen LogP contribution in [0.4, 0.5) is 20.2 Å². The number of nitrogens with zero attached hydrogens (tertiary/aromatic N) is 5. The van der Waals surface area contributed by atoms with E-state index < -0.39 is 23.0 Å². The lowest BCUT2D eigenvalue weighted by Crippen LogP contribution is -2.36. The number of aliphatic hydroxyl groups excluding tert-OH is 1. The van der Waals surface area contributed by atoms with Crippen LogP contribution in [0.25, 0.3) is 44.1 Å². The second-order valence-electron chi connectivity index (χ2n) is 11.3. The number of aromatic carboxylic acids is 1. The van der Waals surface area contributed by atoms with Gasteiger partial charge in [0, 0.05) is 82.1 Å². The monoisotopic (exact) mass is 589 g/mol. The number of hydrogen-bond acceptors (Lipinski definition) is 8. The first kappa shape index (κ1) is 27.2. The van der Waals surface area contributed by atoms with E-state index in [2.05, 4.69) is 30.1 Å². The minimum atomic E-state index is -1.34. The molecule has 2 atom stereocenters. The van der Waals surface area contributed by atoms with Crippen molar-refractivity contribution in [1.82, 2.24) is 24.4 Å². The van der Waals surface area contributed by atoms with Gasteiger partial charge in [-0.2, -0.15) is 0 Å². The molecule has 222 valence electrons. The molecule has 0 unspecified atom stereocenters. The normalized spacial score (nSPS) is 18.8. The third-order valence-electron chi connectivity index (χ3n) is 8.91. The summed E-state index contributed by atoms with van der Waals surface area (Å²) < 4.78 is 32.2. The summed E-state index contributed by atoms with van der Waals surface area (Å²) in [5, 5.41) is 22.7. The maximum absolute atomic E-state index is 15.7. The highest BCUT2D eigenvalue weighted by molar-refractivity contribution is 6.18. The van der Waals surface area contributed by atoms with E-state index >= 15 is 4.39 Å². The number of H-pyrrole nitrogens is 1. The number of benzene rings is 1. The van der Waals surface area contributed by atoms with Gasteiger partial charge in [0.05, 0.1) is 39.7 Å². The summed E-state index contributed by atoms with van der Waals surface area (Å²) >= 11 is 0. The van der Waals surface area contributed by atoms with Gasteiger partial charge < -0.3 is 30.0 Å². The van der Waals surface area contributed by atoms with Crippen LogP contribution >= 0.6 is 0 Å². The van der Waals surface area contributed by atoms with Gasteiger partial charge in [-0.05, 0) is 18.4 Å². The van der Waals surface area contributed by atoms with Crippen molar-refractivity contribution in [2.45, 2.75) is 12.5 Å². The Morgan fingerprint density at radius 3 is 2.74 bits per heavy atom. The molecule has 0 saturated carbocycles. The van der Waals surface area contributed by atoms with Gasteiger partial charge in [-0.15, -0.1) is 0 Å². The summed E-state index contributed by atoms with van der Waals surface area (Å²) in [5.74, 6) is -3.03. The molecule has 2 aliphatic rings. The van der Waals surface area contributed by atoms with E-state index in [1.807, 2.05) is 0 Å². The van der Waals surface area contributed by atoms with E-state index in [-0.39, 0.29) is 29.0 Å². The predicted molar refractivity (Wildman–Crippen MR) is 159 cm³/mol. The first-order chi connectivity index (χ1) is 20.7. The number of carboxylic acid groups (broad SMARTS) is 1. The fourth-order valence-corrected chi connectivity index (χ4v) is 6.96. The molecule has 0 spiro atoms. The molecule has 13 heteroatoms. The molecule has 0 bridgehead atoms. The number of nitrogens with one attached hydrogen (secondary N) is 2. The molecule has 0 aliphatic carbocycles. The minimum absolute atomic E-state index is 0.0416. The highest BCUT2D eigenvalue weighted by Crippen LogP contribution is 2.47. The van der Waals surface area contributed by atoms with E-state index in [1.165, 1.54) is 10.8 Å². The molecule has 2 saturated heterocycles. The van der Waals surface area contributed by atoms with Gasteiger partial charge in [0.15, 0.2) is 11.6 Å². The van der Waals surface area contributed by atoms with Gasteiger partial charge in [0.2, 0.25) is 5.43 Å². The van der Waals surface area contributed by atoms with Crippen molar-refractivity contribution in [3.8, 4) is 11.1 Å². The summed E-state index contributed by atoms with van der Waals surface area (Å²) in [7, 11) is 3.24. The average molecular weight is 590 g/mol. The molecule has 4 N–H and O–H groups in total. The first-order valence-electron chi connectivity index (χ1n) is 14.0. The van der Waals surface area contributed by atoms with Crippen molar-refractivity contribution in [1.29, 1.82) is 0 Å². The van der Waals surface area contributed by atoms with Gasteiger partial charge >= 0.3 is 5.97 Å². The Morgan fingerprint density at radius 2 is 2.00 bits per heavy atom. The molecular formula is C30H29F2N7O4. The van der Waals surface area contributed by atoms with Crippen molar-refractivity contribution in [2.24, 2.45) is 13.0 Å². The Bertz CT molecular complexity index is 2020. The van der Waals surface area contributed by atoms with E-state index in [4.69, 9.17) is 0 Å². The second kappa shape index (κ2) is 9.99. The number of β-amino-alcohol motifs (C(OH)–C–C–N with tert-alkyl or cyclic N) is 1. The van der Waals surface area contributed by atoms with E-state index in [9.17, 15) is 24.2 Å². The van der Waals surface area contributed by atoms with Gasteiger partial charge in [-0.25, -0.2) is 23.5 Å². The molecule has 2 fully saturated rings. The van der Waals surface area contributed by atoms with E-state index in [0.717, 1.165) is 19.0 Å². The number of aromatic amines is 1. The number of aryl methyl sites for hydroxylation is 1. The Balaban J connectivity index is 1.54. The molecule has 1 aromatic carbocycles. The van der Waals surface area contributed by atoms with Crippen LogP contribution in [0.2, 0.25) is 0 Å². The maximum Gasteiger partial charge on any atom is 0.341 e. The number of halogens is 2. The summed E-state index contributed by atoms with van der Waals surface area (Å²) in [6, 6.07) is 2.74. The molecule has 5 aromatic rings. The molecule has 0 radical (unpaired) electrons. The zero-order valence-electron chi connectivity index (χ0n) is 23.5. The van der Waals surface area contributed by atoms with Crippen molar-refractivity contribution >= 4 is 50.3 Å². The first-order valence-corrected chi connectivity index (χ1v) is 14.0. The number of pyridine rings is 3. The smallest absolute Gasteiger partial charge is 0.341 e. The number of carbonyl (C=O) groups is 1. The Kier molecular flexibility index (Phi) is 6.32. The lowest BCUT2D eigenvalue weighted by molar-refractivity contribution is 0.0695. The summed E-state index contributed by atoms with van der Waals surface area (Å²) in [6.45, 7) is 2.75. The van der Waals surface area contributed by atoms with Crippen LogP contribution < -0.4 is 15.6 Å². The number of likely N-dealkylation sites (tertiary alicyclic amines) is 1. The zero-order valence-corrected chi connectivity index (χ0v) is 23.5. The number of aliphatic hydroxyl groups is 1. The molecular weight excluding hydrogens is 560 g/mol. The zero-order chi connectivity index (χ0) is 30.2. The third-order valence-corrected chi connectivity index (χ3v) is 8.91. The predicted octanol–water partition coefficient (Wildman–Crippen LogP) is 3.15. The number of anilines is 2. The number of carboxylic acids is 1. The number of aromatic nitrogens is 4. The molecule has 0 amide bonds. The summed E-state index contributed by atoms with van der Waals surface area (Å²) in [4.78, 5) is 41.7. The fourth-order valence-electron chi connectivity index (χ4n) is 6.96. The van der Waals surface area contributed by atoms with Crippen molar-refractivity contribution in [3.63, 3.8) is 0 Å². The second-order valence-corrected chi connectivity index (χ2v) is 11.3. The lowest BCUT2D eigenvalue weighted by Gasteiger charge is -2.30. The van der Waals surface area contributed by atoms with Gasteiger partial charge in [0.25, 0.3) is 0 Å². The Labute approximate surface area is 243 Å². The molecule has 2 aliphatic heterocycles. The highest BCUT2D eigenvalue weighted by Gasteiger charge is 2.43. The van der Waals surface area contributed by atoms with Crippen LogP contribution in [0.3, 0.4) is 0 Å². The SMILES string of the molecule is CNc1cc(F)c(F)c2c1[nH]c1ncc(-c3cnc4c(c3)c(=O)c(C(=O)O)cn4C)c(N3CC[C@H]4CN(CCO)C[C@H]43)c12. The number of rotatable bonds is 6. The Hall–Kier alpha value is -4.62. The van der Waals surface area contributed by atoms with Crippen molar-refractivity contribution in [2.75, 3.05) is 50.1 Å². The van der Waals surface area contributed by atoms with Gasteiger partial charge in [0.1, 0.15) is 16.9 Å². The third kappa shape index (κ3) is 4.06. The van der Waals surface area contributed by atoms with Crippen LogP contribution in [0.15, 0.2) is 35.5 Å². The Morgan fingerprint density at radius 1 is 1.19 bits per heavy atom. The van der Waals surface area contributed by atoms with Crippen LogP contribution in [0, 0.1) is 17.6 Å². The van der Waals surface area contributed by atoms with Crippen LogP contribution in [-0.2, 0) is 7.05 Å². The summed E-state index contributed by atoms with van der Waals surface area (Å²) in [6.07, 6.45) is 5.32.